The number of hydrogen-bond acceptors (Lipinski definition) is 3. The van der Waals surface area contributed by atoms with Crippen molar-refractivity contribution in [3.05, 3.63) is 29.6 Å². The van der Waals surface area contributed by atoms with Crippen molar-refractivity contribution in [3.8, 4) is 0 Å². The molecule has 1 aromatic heterocycles. The van der Waals surface area contributed by atoms with Gasteiger partial charge in [0.1, 0.15) is 0 Å². The molecule has 1 unspecified atom stereocenters. The molecule has 1 aliphatic carbocycles. The lowest BCUT2D eigenvalue weighted by molar-refractivity contribution is -0.0112. The maximum absolute atomic E-state index is 5.18. The quantitative estimate of drug-likeness (QED) is 0.791. The third kappa shape index (κ3) is 1.77. The fourth-order valence-electron chi connectivity index (χ4n) is 2.39. The number of nitrogens with zero attached hydrogens (tertiary/aromatic N) is 1. The molecule has 1 N–H and O–H groups in total. The molecule has 3 nitrogen and oxygen atoms in total. The molecule has 0 saturated carbocycles. The molecule has 3 rings (SSSR count). The largest absolute Gasteiger partial charge is 0.378 e. The molecule has 1 saturated heterocycles. The molecule has 80 valence electrons. The fraction of sp³-hybridized carbons (Fsp3) is 0.583. The summed E-state index contributed by atoms with van der Waals surface area (Å²) >= 11 is 0. The topological polar surface area (TPSA) is 34.2 Å². The van der Waals surface area contributed by atoms with E-state index >= 15 is 0 Å². The molecule has 1 atom stereocenters. The van der Waals surface area contributed by atoms with E-state index in [2.05, 4.69) is 16.4 Å². The van der Waals surface area contributed by atoms with Crippen LogP contribution < -0.4 is 5.32 Å². The van der Waals surface area contributed by atoms with Crippen LogP contribution in [0.3, 0.4) is 0 Å². The van der Waals surface area contributed by atoms with E-state index in [-0.39, 0.29) is 0 Å². The second-order valence-corrected chi connectivity index (χ2v) is 4.39. The molecule has 0 spiro atoms. The van der Waals surface area contributed by atoms with E-state index in [0.29, 0.717) is 12.1 Å². The van der Waals surface area contributed by atoms with E-state index in [1.807, 2.05) is 12.3 Å². The third-order valence-corrected chi connectivity index (χ3v) is 3.27. The van der Waals surface area contributed by atoms with Gasteiger partial charge in [-0.05, 0) is 30.9 Å². The molecule has 2 aliphatic rings. The number of pyridine rings is 1. The zero-order valence-corrected chi connectivity index (χ0v) is 8.78. The Morgan fingerprint density at radius 2 is 2.33 bits per heavy atom. The normalized spacial score (nSPS) is 25.7. The molecule has 1 aromatic rings. The van der Waals surface area contributed by atoms with Crippen molar-refractivity contribution in [2.24, 2.45) is 0 Å². The second kappa shape index (κ2) is 3.91. The number of hydrogen-bond donors (Lipinski definition) is 1. The zero-order chi connectivity index (χ0) is 10.1. The van der Waals surface area contributed by atoms with E-state index in [9.17, 15) is 0 Å². The Hall–Kier alpha value is -0.930. The van der Waals surface area contributed by atoms with E-state index in [0.717, 1.165) is 13.2 Å². The van der Waals surface area contributed by atoms with Crippen molar-refractivity contribution in [2.45, 2.75) is 31.3 Å². The zero-order valence-electron chi connectivity index (χ0n) is 8.78. The van der Waals surface area contributed by atoms with Crippen LogP contribution in [0.25, 0.3) is 0 Å². The predicted molar refractivity (Wildman–Crippen MR) is 57.7 cm³/mol. The predicted octanol–water partition coefficient (Wildman–Crippen LogP) is 1.45. The van der Waals surface area contributed by atoms with Gasteiger partial charge in [0.05, 0.1) is 31.0 Å². The molecule has 15 heavy (non-hydrogen) atoms. The van der Waals surface area contributed by atoms with Crippen LogP contribution in [0.4, 0.5) is 0 Å². The van der Waals surface area contributed by atoms with Crippen LogP contribution in [0.1, 0.15) is 30.1 Å². The summed E-state index contributed by atoms with van der Waals surface area (Å²) in [6, 6.07) is 5.23. The lowest BCUT2D eigenvalue weighted by atomic mass is 9.91. The smallest absolute Gasteiger partial charge is 0.0643 e. The third-order valence-electron chi connectivity index (χ3n) is 3.27. The van der Waals surface area contributed by atoms with Gasteiger partial charge < -0.3 is 10.1 Å². The molecule has 2 heterocycles. The lowest BCUT2D eigenvalue weighted by Gasteiger charge is -2.33. The fourth-order valence-corrected chi connectivity index (χ4v) is 2.39. The Morgan fingerprint density at radius 1 is 1.40 bits per heavy atom. The van der Waals surface area contributed by atoms with Gasteiger partial charge in [-0.2, -0.15) is 0 Å². The van der Waals surface area contributed by atoms with Crippen LogP contribution in [-0.2, 0) is 11.2 Å². The van der Waals surface area contributed by atoms with Crippen LogP contribution in [0.5, 0.6) is 0 Å². The Labute approximate surface area is 89.9 Å². The minimum absolute atomic E-state index is 0.448. The number of rotatable bonds is 2. The molecule has 0 radical (unpaired) electrons. The van der Waals surface area contributed by atoms with E-state index < -0.39 is 0 Å². The summed E-state index contributed by atoms with van der Waals surface area (Å²) in [4.78, 5) is 4.51. The van der Waals surface area contributed by atoms with Gasteiger partial charge in [0, 0.05) is 6.20 Å². The highest BCUT2D eigenvalue weighted by atomic mass is 16.5. The summed E-state index contributed by atoms with van der Waals surface area (Å²) in [6.45, 7) is 1.72. The van der Waals surface area contributed by atoms with Gasteiger partial charge in [-0.3, -0.25) is 4.98 Å². The monoisotopic (exact) mass is 204 g/mol. The van der Waals surface area contributed by atoms with Crippen molar-refractivity contribution in [2.75, 3.05) is 13.2 Å². The first-order chi connectivity index (χ1) is 7.43. The van der Waals surface area contributed by atoms with Crippen LogP contribution in [-0.4, -0.2) is 24.2 Å². The number of ether oxygens (including phenoxy) is 1. The minimum Gasteiger partial charge on any atom is -0.378 e. The second-order valence-electron chi connectivity index (χ2n) is 4.39. The molecule has 3 heteroatoms. The van der Waals surface area contributed by atoms with E-state index in [4.69, 9.17) is 4.74 Å². The molecular weight excluding hydrogens is 188 g/mol. The Morgan fingerprint density at radius 3 is 3.13 bits per heavy atom. The first kappa shape index (κ1) is 9.31. The van der Waals surface area contributed by atoms with Gasteiger partial charge in [-0.25, -0.2) is 0 Å². The van der Waals surface area contributed by atoms with Gasteiger partial charge >= 0.3 is 0 Å². The molecule has 1 aliphatic heterocycles. The minimum atomic E-state index is 0.448. The van der Waals surface area contributed by atoms with Gasteiger partial charge in [0.15, 0.2) is 0 Å². The highest BCUT2D eigenvalue weighted by molar-refractivity contribution is 5.25. The van der Waals surface area contributed by atoms with Crippen molar-refractivity contribution in [3.63, 3.8) is 0 Å². The maximum Gasteiger partial charge on any atom is 0.0643 e. The SMILES string of the molecule is c1cnc2c(c1)CCCC2NC1COC1. The van der Waals surface area contributed by atoms with Crippen LogP contribution in [0.15, 0.2) is 18.3 Å². The first-order valence-corrected chi connectivity index (χ1v) is 5.71. The molecule has 0 amide bonds. The Kier molecular flexibility index (Phi) is 2.43. The lowest BCUT2D eigenvalue weighted by Crippen LogP contribution is -2.48. The van der Waals surface area contributed by atoms with Gasteiger partial charge in [-0.1, -0.05) is 6.07 Å². The van der Waals surface area contributed by atoms with Gasteiger partial charge in [-0.15, -0.1) is 0 Å². The molecule has 0 bridgehead atoms. The highest BCUT2D eigenvalue weighted by Gasteiger charge is 2.26. The average molecular weight is 204 g/mol. The highest BCUT2D eigenvalue weighted by Crippen LogP contribution is 2.28. The average Bonchev–Trinajstić information content (AvgIpc) is 2.23. The van der Waals surface area contributed by atoms with Crippen LogP contribution >= 0.6 is 0 Å². The van der Waals surface area contributed by atoms with Crippen molar-refractivity contribution in [1.82, 2.24) is 10.3 Å². The number of fused-ring (bicyclic) bond motifs is 1. The van der Waals surface area contributed by atoms with E-state index in [1.54, 1.807) is 0 Å². The van der Waals surface area contributed by atoms with Crippen LogP contribution in [0, 0.1) is 0 Å². The van der Waals surface area contributed by atoms with Crippen molar-refractivity contribution in [1.29, 1.82) is 0 Å². The maximum atomic E-state index is 5.18. The number of aryl methyl sites for hydroxylation is 1. The van der Waals surface area contributed by atoms with Crippen molar-refractivity contribution < 1.29 is 4.74 Å². The summed E-state index contributed by atoms with van der Waals surface area (Å²) in [5.41, 5.74) is 2.68. The van der Waals surface area contributed by atoms with Gasteiger partial charge in [0.2, 0.25) is 0 Å². The standard InChI is InChI=1S/C12H16N2O/c1-3-9-4-2-6-13-12(9)11(5-1)14-10-7-15-8-10/h2,4,6,10-11,14H,1,3,5,7-8H2. The Bertz CT molecular complexity index is 349. The summed E-state index contributed by atoms with van der Waals surface area (Å²) in [7, 11) is 0. The first-order valence-electron chi connectivity index (χ1n) is 5.71. The summed E-state index contributed by atoms with van der Waals surface area (Å²) in [5.74, 6) is 0. The number of nitrogens with one attached hydrogen (secondary N) is 1. The molecule has 1 fully saturated rings. The molecule has 0 aromatic carbocycles. The van der Waals surface area contributed by atoms with Crippen LogP contribution in [0.2, 0.25) is 0 Å². The summed E-state index contributed by atoms with van der Waals surface area (Å²) in [6.07, 6.45) is 5.56. The Balaban J connectivity index is 1.79. The summed E-state index contributed by atoms with van der Waals surface area (Å²) < 4.78 is 5.18. The van der Waals surface area contributed by atoms with Gasteiger partial charge in [0.25, 0.3) is 0 Å². The number of aromatic nitrogens is 1. The molecular formula is C12H16N2O. The van der Waals surface area contributed by atoms with Crippen molar-refractivity contribution >= 4 is 0 Å². The van der Waals surface area contributed by atoms with E-state index in [1.165, 1.54) is 30.5 Å². The summed E-state index contributed by atoms with van der Waals surface area (Å²) in [5, 5.41) is 3.62.